The average Bonchev–Trinajstić information content (AvgIpc) is 3.67. The van der Waals surface area contributed by atoms with Crippen LogP contribution in [-0.2, 0) is 0 Å². The molecule has 0 amide bonds. The van der Waals surface area contributed by atoms with Gasteiger partial charge in [0, 0.05) is 6.42 Å². The second-order valence-electron chi connectivity index (χ2n) is 14.2. The first-order chi connectivity index (χ1) is 19.9. The summed E-state index contributed by atoms with van der Waals surface area (Å²) in [7, 11) is 0. The Bertz CT molecular complexity index is 1060. The largest absolute Gasteiger partial charge is 0.508 e. The number of fused-ring (bicyclic) bond motifs is 6. The van der Waals surface area contributed by atoms with Gasteiger partial charge in [-0.25, -0.2) is 0 Å². The number of thioether (sulfide) groups is 1. The summed E-state index contributed by atoms with van der Waals surface area (Å²) >= 11 is 1.47. The van der Waals surface area contributed by atoms with Gasteiger partial charge in [-0.05, 0) is 127 Å². The van der Waals surface area contributed by atoms with Crippen LogP contribution in [0.15, 0.2) is 18.2 Å². The van der Waals surface area contributed by atoms with Gasteiger partial charge < -0.3 is 10.2 Å². The molecule has 0 saturated heterocycles. The third-order valence-electron chi connectivity index (χ3n) is 11.9. The summed E-state index contributed by atoms with van der Waals surface area (Å²) in [6, 6.07) is 5.69. The van der Waals surface area contributed by atoms with E-state index in [-0.39, 0.29) is 18.1 Å². The van der Waals surface area contributed by atoms with Crippen LogP contribution >= 0.6 is 11.8 Å². The molecule has 3 unspecified atom stereocenters. The van der Waals surface area contributed by atoms with Crippen molar-refractivity contribution >= 4 is 11.8 Å². The van der Waals surface area contributed by atoms with Crippen molar-refractivity contribution in [1.82, 2.24) is 0 Å². The number of aliphatic hydroxyl groups excluding tert-OH is 1. The summed E-state index contributed by atoms with van der Waals surface area (Å²) in [4.78, 5) is 0. The molecule has 4 aliphatic carbocycles. The summed E-state index contributed by atoms with van der Waals surface area (Å²) in [6.45, 7) is 2.56. The van der Waals surface area contributed by atoms with Crippen molar-refractivity contribution in [3.05, 3.63) is 29.3 Å². The van der Waals surface area contributed by atoms with E-state index in [9.17, 15) is 32.2 Å². The molecule has 5 rings (SSSR count). The molecule has 3 saturated carbocycles. The lowest BCUT2D eigenvalue weighted by molar-refractivity contribution is -0.284. The minimum Gasteiger partial charge on any atom is -0.508 e. The molecule has 3 fully saturated rings. The highest BCUT2D eigenvalue weighted by Crippen LogP contribution is 2.76. The van der Waals surface area contributed by atoms with Crippen LogP contribution in [0.1, 0.15) is 133 Å². The number of unbranched alkanes of at least 4 members (excludes halogenated alkanes) is 6. The lowest BCUT2D eigenvalue weighted by Crippen LogP contribution is -2.47. The van der Waals surface area contributed by atoms with Gasteiger partial charge in [-0.3, -0.25) is 0 Å². The topological polar surface area (TPSA) is 40.5 Å². The van der Waals surface area contributed by atoms with Crippen LogP contribution in [0.25, 0.3) is 0 Å². The zero-order chi connectivity index (χ0) is 30.2. The van der Waals surface area contributed by atoms with Gasteiger partial charge in [0.05, 0.1) is 6.10 Å². The van der Waals surface area contributed by atoms with Crippen LogP contribution in [-0.4, -0.2) is 33.8 Å². The second kappa shape index (κ2) is 12.8. The number of alkyl halides is 5. The zero-order valence-electron chi connectivity index (χ0n) is 25.0. The van der Waals surface area contributed by atoms with Crippen molar-refractivity contribution in [2.45, 2.75) is 134 Å². The average molecular weight is 617 g/mol. The third kappa shape index (κ3) is 6.37. The predicted molar refractivity (Wildman–Crippen MR) is 159 cm³/mol. The van der Waals surface area contributed by atoms with Crippen molar-refractivity contribution in [2.24, 2.45) is 28.6 Å². The maximum absolute atomic E-state index is 12.9. The van der Waals surface area contributed by atoms with Crippen molar-refractivity contribution in [3.63, 3.8) is 0 Å². The Morgan fingerprint density at radius 2 is 1.50 bits per heavy atom. The number of halogens is 5. The lowest BCUT2D eigenvalue weighted by Gasteiger charge is -2.55. The molecule has 2 N–H and O–H groups in total. The molecule has 238 valence electrons. The van der Waals surface area contributed by atoms with E-state index < -0.39 is 24.6 Å². The van der Waals surface area contributed by atoms with Gasteiger partial charge in [0.2, 0.25) is 0 Å². The van der Waals surface area contributed by atoms with Crippen LogP contribution in [0, 0.1) is 28.6 Å². The van der Waals surface area contributed by atoms with E-state index in [0.717, 1.165) is 62.7 Å². The Morgan fingerprint density at radius 1 is 0.833 bits per heavy atom. The molecule has 4 aliphatic rings. The summed E-state index contributed by atoms with van der Waals surface area (Å²) in [6.07, 6.45) is 9.39. The predicted octanol–water partition coefficient (Wildman–Crippen LogP) is 10.6. The Morgan fingerprint density at radius 3 is 2.19 bits per heavy atom. The van der Waals surface area contributed by atoms with Gasteiger partial charge in [0.1, 0.15) is 5.75 Å². The molecular formula is C34H49F5O2S. The number of rotatable bonds is 14. The molecule has 6 atom stereocenters. The highest BCUT2D eigenvalue weighted by Gasteiger charge is 2.67. The van der Waals surface area contributed by atoms with Gasteiger partial charge in [-0.15, -0.1) is 0 Å². The molecule has 8 heteroatoms. The summed E-state index contributed by atoms with van der Waals surface area (Å²) in [5.41, 5.74) is 3.20. The second-order valence-corrected chi connectivity index (χ2v) is 15.4. The number of hydrogen-bond donors (Lipinski definition) is 2. The highest BCUT2D eigenvalue weighted by molar-refractivity contribution is 7.99. The Labute approximate surface area is 252 Å². The molecule has 42 heavy (non-hydrogen) atoms. The molecule has 1 spiro atoms. The van der Waals surface area contributed by atoms with Gasteiger partial charge in [-0.1, -0.05) is 51.5 Å². The van der Waals surface area contributed by atoms with Gasteiger partial charge >= 0.3 is 12.1 Å². The van der Waals surface area contributed by atoms with Crippen LogP contribution in [0.2, 0.25) is 0 Å². The molecule has 0 heterocycles. The Balaban J connectivity index is 1.03. The molecule has 0 bridgehead atoms. The minimum atomic E-state index is -5.45. The van der Waals surface area contributed by atoms with E-state index >= 15 is 0 Å². The number of aromatic hydroxyl groups is 1. The summed E-state index contributed by atoms with van der Waals surface area (Å²) < 4.78 is 62.5. The Hall–Kier alpha value is -1.02. The highest BCUT2D eigenvalue weighted by atomic mass is 32.2. The van der Waals surface area contributed by atoms with Crippen molar-refractivity contribution in [1.29, 1.82) is 0 Å². The van der Waals surface area contributed by atoms with E-state index in [2.05, 4.69) is 13.0 Å². The number of aliphatic hydroxyl groups is 1. The van der Waals surface area contributed by atoms with Crippen LogP contribution in [0.5, 0.6) is 5.75 Å². The van der Waals surface area contributed by atoms with Crippen molar-refractivity contribution in [2.75, 3.05) is 11.5 Å². The van der Waals surface area contributed by atoms with E-state index in [1.54, 1.807) is 6.07 Å². The molecular weight excluding hydrogens is 567 g/mol. The molecule has 0 radical (unpaired) electrons. The van der Waals surface area contributed by atoms with E-state index in [1.807, 2.05) is 6.07 Å². The van der Waals surface area contributed by atoms with Gasteiger partial charge in [-0.2, -0.15) is 33.7 Å². The fourth-order valence-corrected chi connectivity index (χ4v) is 10.4. The number of phenols is 1. The van der Waals surface area contributed by atoms with Gasteiger partial charge in [0.15, 0.2) is 0 Å². The number of phenolic OH excluding ortho intramolecular Hbond substituents is 1. The molecule has 1 aromatic rings. The molecule has 1 aromatic carbocycles. The first-order valence-electron chi connectivity index (χ1n) is 16.4. The van der Waals surface area contributed by atoms with E-state index in [0.29, 0.717) is 34.3 Å². The molecule has 0 aliphatic heterocycles. The van der Waals surface area contributed by atoms with Crippen molar-refractivity contribution in [3.8, 4) is 5.75 Å². The quantitative estimate of drug-likeness (QED) is 0.161. The fraction of sp³-hybridized carbons (Fsp3) is 0.824. The number of benzene rings is 1. The number of hydrogen-bond acceptors (Lipinski definition) is 3. The molecule has 2 nitrogen and oxygen atoms in total. The summed E-state index contributed by atoms with van der Waals surface area (Å²) in [5.74, 6) is -1.26. The maximum atomic E-state index is 12.9. The SMILES string of the molecule is C[C@]12CCC3c4ccc(O)cc4[C@H](O)[C@@H](CCCCCCCCCSCCCC(F)(F)C(F)(F)F)C3C1CCC21CC1. The van der Waals surface area contributed by atoms with Crippen molar-refractivity contribution < 1.29 is 32.2 Å². The lowest BCUT2D eigenvalue weighted by atomic mass is 9.50. The smallest absolute Gasteiger partial charge is 0.453 e. The summed E-state index contributed by atoms with van der Waals surface area (Å²) in [5, 5.41) is 21.9. The van der Waals surface area contributed by atoms with Gasteiger partial charge in [0.25, 0.3) is 0 Å². The monoisotopic (exact) mass is 616 g/mol. The fourth-order valence-electron chi connectivity index (χ4n) is 9.41. The van der Waals surface area contributed by atoms with Crippen LogP contribution in [0.4, 0.5) is 22.0 Å². The van der Waals surface area contributed by atoms with Crippen LogP contribution < -0.4 is 0 Å². The standard InChI is InChI=1S/C34H49F5O2S/c1-31-16-13-25-24-12-11-23(40)22-27(24)30(41)26(29(25)28(31)14-17-32(31)18-19-32)10-7-5-3-2-4-6-8-20-42-21-9-15-33(35,36)34(37,38)39/h11-12,22,25-26,28-30,40-41H,2-10,13-21H2,1H3/t25?,26-,28?,29?,30+,31-/m0/s1. The van der Waals surface area contributed by atoms with Crippen LogP contribution in [0.3, 0.4) is 0 Å². The minimum absolute atomic E-state index is 0.123. The molecule has 0 aromatic heterocycles. The van der Waals surface area contributed by atoms with E-state index in [1.165, 1.54) is 55.9 Å². The Kier molecular flexibility index (Phi) is 9.84. The first kappa shape index (κ1) is 32.4. The normalized spacial score (nSPS) is 31.5. The van der Waals surface area contributed by atoms with E-state index in [4.69, 9.17) is 0 Å². The third-order valence-corrected chi connectivity index (χ3v) is 13.1. The maximum Gasteiger partial charge on any atom is 0.453 e. The zero-order valence-corrected chi connectivity index (χ0v) is 25.9. The first-order valence-corrected chi connectivity index (χ1v) is 17.6.